The minimum Gasteiger partial charge on any atom is -0.472 e. The second kappa shape index (κ2) is 8.13. The molecule has 190 valence electrons. The minimum atomic E-state index is -0.815. The minimum absolute atomic E-state index is 0.00424. The number of hydrogen-bond acceptors (Lipinski definition) is 7. The number of ketones is 2. The molecule has 0 aromatic carbocycles. The van der Waals surface area contributed by atoms with Crippen LogP contribution in [0.3, 0.4) is 0 Å². The highest BCUT2D eigenvalue weighted by Crippen LogP contribution is 2.67. The van der Waals surface area contributed by atoms with E-state index in [1.165, 1.54) is 18.3 Å². The fourth-order valence-electron chi connectivity index (χ4n) is 8.03. The van der Waals surface area contributed by atoms with Gasteiger partial charge < -0.3 is 18.6 Å². The number of methoxy groups -OCH3 is 2. The molecule has 35 heavy (non-hydrogen) atoms. The molecule has 0 radical (unpaired) electrons. The highest BCUT2D eigenvalue weighted by atomic mass is 16.7. The third kappa shape index (κ3) is 3.27. The van der Waals surface area contributed by atoms with Crippen LogP contribution < -0.4 is 0 Å². The van der Waals surface area contributed by atoms with Crippen LogP contribution in [0, 0.1) is 34.0 Å². The van der Waals surface area contributed by atoms with Gasteiger partial charge in [-0.15, -0.1) is 0 Å². The molecule has 7 atom stereocenters. The van der Waals surface area contributed by atoms with Gasteiger partial charge in [0.05, 0.1) is 38.1 Å². The van der Waals surface area contributed by atoms with Crippen molar-refractivity contribution >= 4 is 17.5 Å². The number of allylic oxidation sites excluding steroid dienone is 1. The van der Waals surface area contributed by atoms with Crippen molar-refractivity contribution in [2.75, 3.05) is 14.2 Å². The monoisotopic (exact) mass is 484 g/mol. The Morgan fingerprint density at radius 2 is 1.86 bits per heavy atom. The summed E-state index contributed by atoms with van der Waals surface area (Å²) in [5.41, 5.74) is 1.50. The maximum Gasteiger partial charge on any atom is 0.305 e. The fraction of sp³-hybridized carbons (Fsp3) is 0.679. The van der Waals surface area contributed by atoms with Crippen LogP contribution in [-0.2, 0) is 28.6 Å². The van der Waals surface area contributed by atoms with Gasteiger partial charge in [-0.1, -0.05) is 38.8 Å². The summed E-state index contributed by atoms with van der Waals surface area (Å²) in [5.74, 6) is -1.58. The second-order valence-corrected chi connectivity index (χ2v) is 11.8. The lowest BCUT2D eigenvalue weighted by Gasteiger charge is -2.61. The Bertz CT molecular complexity index is 1080. The number of hydrogen-bond donors (Lipinski definition) is 0. The summed E-state index contributed by atoms with van der Waals surface area (Å²) >= 11 is 0. The Hall–Kier alpha value is -2.25. The number of carbonyl (C=O) groups excluding carboxylic acids is 3. The molecule has 0 N–H and O–H groups in total. The van der Waals surface area contributed by atoms with E-state index in [0.717, 1.165) is 18.4 Å². The Morgan fingerprint density at radius 3 is 2.49 bits per heavy atom. The molecule has 7 heteroatoms. The molecule has 4 aliphatic rings. The molecule has 5 rings (SSSR count). The molecule has 2 heterocycles. The van der Waals surface area contributed by atoms with Gasteiger partial charge in [0.15, 0.2) is 6.29 Å². The Balaban J connectivity index is 1.67. The van der Waals surface area contributed by atoms with E-state index < -0.39 is 29.0 Å². The zero-order valence-electron chi connectivity index (χ0n) is 21.5. The van der Waals surface area contributed by atoms with E-state index in [2.05, 4.69) is 6.92 Å². The summed E-state index contributed by atoms with van der Waals surface area (Å²) in [6, 6.07) is 1.93. The molecule has 1 saturated heterocycles. The van der Waals surface area contributed by atoms with Crippen LogP contribution in [0.4, 0.5) is 0 Å². The Morgan fingerprint density at radius 1 is 1.11 bits per heavy atom. The standard InChI is InChI=1S/C28H36O7/c1-26(2)20(13-21(29)32-5)28(4)18-7-9-27(3)19(16(18)11-17(23(26)30)24(28)31)12-22(33-6)35-25(27)15-8-10-34-14-15/h8,10,14,17-18,20,22,25H,7,9,11-13H2,1-6H3/t17-,18?,20+,22?,25+,27-,28?/m1/s1. The molecule has 1 aromatic heterocycles. The van der Waals surface area contributed by atoms with Crippen LogP contribution in [-0.4, -0.2) is 38.0 Å². The third-order valence-electron chi connectivity index (χ3n) is 9.94. The number of carbonyl (C=O) groups is 3. The van der Waals surface area contributed by atoms with E-state index in [4.69, 9.17) is 18.6 Å². The molecule has 3 aliphatic carbocycles. The third-order valence-corrected chi connectivity index (χ3v) is 9.94. The average Bonchev–Trinajstić information content (AvgIpc) is 3.36. The van der Waals surface area contributed by atoms with Crippen molar-refractivity contribution in [1.82, 2.24) is 0 Å². The molecule has 2 saturated carbocycles. The van der Waals surface area contributed by atoms with E-state index in [-0.39, 0.29) is 41.4 Å². The Kier molecular flexibility index (Phi) is 5.68. The lowest BCUT2D eigenvalue weighted by molar-refractivity contribution is -0.209. The van der Waals surface area contributed by atoms with E-state index in [1.807, 2.05) is 26.8 Å². The van der Waals surface area contributed by atoms with E-state index in [9.17, 15) is 14.4 Å². The quantitative estimate of drug-likeness (QED) is 0.344. The SMILES string of the molecule is COC(=O)C[C@H]1C(C)(C)C(=O)[C@H]2CC3=C4CC(OC)O[C@@H](c5ccoc5)[C@]4(C)CCC3C1(C)C2=O. The Labute approximate surface area is 206 Å². The van der Waals surface area contributed by atoms with Crippen LogP contribution in [0.25, 0.3) is 0 Å². The van der Waals surface area contributed by atoms with Gasteiger partial charge in [0.1, 0.15) is 11.6 Å². The molecule has 1 aromatic rings. The lowest BCUT2D eigenvalue weighted by atomic mass is 9.41. The summed E-state index contributed by atoms with van der Waals surface area (Å²) < 4.78 is 22.5. The van der Waals surface area contributed by atoms with Crippen molar-refractivity contribution in [2.24, 2.45) is 34.0 Å². The summed E-state index contributed by atoms with van der Waals surface area (Å²) in [6.07, 6.45) is 5.44. The van der Waals surface area contributed by atoms with Gasteiger partial charge in [-0.3, -0.25) is 14.4 Å². The number of rotatable bonds is 4. The average molecular weight is 485 g/mol. The first-order valence-electron chi connectivity index (χ1n) is 12.6. The first-order valence-corrected chi connectivity index (χ1v) is 12.6. The zero-order chi connectivity index (χ0) is 25.3. The van der Waals surface area contributed by atoms with Crippen molar-refractivity contribution in [3.8, 4) is 0 Å². The van der Waals surface area contributed by atoms with Gasteiger partial charge in [-0.2, -0.15) is 0 Å². The molecular formula is C28H36O7. The largest absolute Gasteiger partial charge is 0.472 e. The van der Waals surface area contributed by atoms with Crippen molar-refractivity contribution < 1.29 is 33.0 Å². The van der Waals surface area contributed by atoms with Gasteiger partial charge in [-0.05, 0) is 37.2 Å². The van der Waals surface area contributed by atoms with Gasteiger partial charge in [0.2, 0.25) is 0 Å². The summed E-state index contributed by atoms with van der Waals surface area (Å²) in [7, 11) is 3.00. The summed E-state index contributed by atoms with van der Waals surface area (Å²) in [5, 5.41) is 0. The van der Waals surface area contributed by atoms with Crippen LogP contribution >= 0.6 is 0 Å². The fourth-order valence-corrected chi connectivity index (χ4v) is 8.03. The lowest BCUT2D eigenvalue weighted by Crippen LogP contribution is -2.64. The van der Waals surface area contributed by atoms with Crippen LogP contribution in [0.15, 0.2) is 34.2 Å². The van der Waals surface area contributed by atoms with Crippen LogP contribution in [0.2, 0.25) is 0 Å². The highest BCUT2D eigenvalue weighted by molar-refractivity contribution is 6.11. The molecule has 0 amide bonds. The van der Waals surface area contributed by atoms with Gasteiger partial charge in [0.25, 0.3) is 0 Å². The van der Waals surface area contributed by atoms with Gasteiger partial charge >= 0.3 is 5.97 Å². The van der Waals surface area contributed by atoms with E-state index in [0.29, 0.717) is 12.8 Å². The highest BCUT2D eigenvalue weighted by Gasteiger charge is 2.67. The molecule has 1 aliphatic heterocycles. The van der Waals surface area contributed by atoms with Crippen molar-refractivity contribution in [2.45, 2.75) is 72.2 Å². The molecule has 0 spiro atoms. The predicted octanol–water partition coefficient (Wildman–Crippen LogP) is 4.81. The maximum atomic E-state index is 13.9. The first kappa shape index (κ1) is 24.4. The van der Waals surface area contributed by atoms with Crippen molar-refractivity contribution in [3.05, 3.63) is 35.3 Å². The molecule has 2 bridgehead atoms. The number of esters is 1. The zero-order valence-corrected chi connectivity index (χ0v) is 21.5. The maximum absolute atomic E-state index is 13.9. The van der Waals surface area contributed by atoms with Crippen molar-refractivity contribution in [1.29, 1.82) is 0 Å². The number of furan rings is 1. The van der Waals surface area contributed by atoms with Crippen molar-refractivity contribution in [3.63, 3.8) is 0 Å². The summed E-state index contributed by atoms with van der Waals surface area (Å²) in [4.78, 5) is 40.1. The number of ether oxygens (including phenoxy) is 3. The van der Waals surface area contributed by atoms with Gasteiger partial charge in [-0.25, -0.2) is 0 Å². The van der Waals surface area contributed by atoms with E-state index in [1.54, 1.807) is 19.6 Å². The van der Waals surface area contributed by atoms with E-state index >= 15 is 0 Å². The normalized spacial score (nSPS) is 40.2. The van der Waals surface area contributed by atoms with Crippen LogP contribution in [0.1, 0.15) is 71.5 Å². The number of fused-ring (bicyclic) bond motifs is 5. The second-order valence-electron chi connectivity index (χ2n) is 11.8. The molecular weight excluding hydrogens is 448 g/mol. The molecule has 3 fully saturated rings. The smallest absolute Gasteiger partial charge is 0.305 e. The summed E-state index contributed by atoms with van der Waals surface area (Å²) in [6.45, 7) is 8.02. The van der Waals surface area contributed by atoms with Crippen LogP contribution in [0.5, 0.6) is 0 Å². The van der Waals surface area contributed by atoms with Gasteiger partial charge in [0, 0.05) is 35.3 Å². The number of Topliss-reactive ketones (excluding diaryl/α,β-unsaturated/α-hetero) is 2. The first-order chi connectivity index (χ1) is 16.5. The topological polar surface area (TPSA) is 92.0 Å². The molecule has 7 nitrogen and oxygen atoms in total. The predicted molar refractivity (Wildman–Crippen MR) is 126 cm³/mol. The molecule has 3 unspecified atom stereocenters.